The van der Waals surface area contributed by atoms with E-state index in [0.29, 0.717) is 18.0 Å². The molecule has 2 aliphatic heterocycles. The van der Waals surface area contributed by atoms with Crippen LogP contribution in [0.5, 0.6) is 5.75 Å². The molecule has 2 N–H and O–H groups in total. The van der Waals surface area contributed by atoms with Crippen LogP contribution in [-0.2, 0) is 12.8 Å². The second-order valence-corrected chi connectivity index (χ2v) is 9.32. The highest BCUT2D eigenvalue weighted by Gasteiger charge is 2.43. The molecule has 4 nitrogen and oxygen atoms in total. The average Bonchev–Trinajstić information content (AvgIpc) is 3.18. The lowest BCUT2D eigenvalue weighted by molar-refractivity contribution is -0.0587. The topological polar surface area (TPSA) is 52.9 Å². The van der Waals surface area contributed by atoms with Crippen molar-refractivity contribution in [1.29, 1.82) is 0 Å². The number of benzene rings is 2. The van der Waals surface area contributed by atoms with Crippen LogP contribution in [0.2, 0.25) is 5.02 Å². The molecule has 2 aromatic carbocycles. The molecule has 1 saturated heterocycles. The zero-order valence-corrected chi connectivity index (χ0v) is 17.4. The molecule has 5 heteroatoms. The van der Waals surface area contributed by atoms with Crippen molar-refractivity contribution in [3.05, 3.63) is 63.7 Å². The third kappa shape index (κ3) is 3.79. The number of halogens is 1. The van der Waals surface area contributed by atoms with Crippen LogP contribution in [0.1, 0.15) is 60.1 Å². The maximum atomic E-state index is 10.8. The van der Waals surface area contributed by atoms with Crippen LogP contribution < -0.4 is 4.74 Å². The third-order valence-corrected chi connectivity index (χ3v) is 7.16. The highest BCUT2D eigenvalue weighted by atomic mass is 35.5. The number of hydrogen-bond acceptors (Lipinski definition) is 4. The SMILES string of the molecule is O[C@H](CN1CCC2(CC1)C[C@@H](O)c1cc(Cl)ccc1O2)c1ccc2c(c1)CCC2. The molecule has 5 rings (SSSR count). The number of hydrogen-bond donors (Lipinski definition) is 2. The predicted octanol–water partition coefficient (Wildman–Crippen LogP) is 4.21. The minimum absolute atomic E-state index is 0.324. The van der Waals surface area contributed by atoms with Gasteiger partial charge in [0.15, 0.2) is 0 Å². The maximum absolute atomic E-state index is 10.8. The molecule has 29 heavy (non-hydrogen) atoms. The molecule has 0 saturated carbocycles. The molecule has 154 valence electrons. The highest BCUT2D eigenvalue weighted by molar-refractivity contribution is 6.30. The molecule has 2 heterocycles. The van der Waals surface area contributed by atoms with Crippen molar-refractivity contribution < 1.29 is 14.9 Å². The molecule has 2 atom stereocenters. The molecule has 1 aliphatic carbocycles. The van der Waals surface area contributed by atoms with Gasteiger partial charge in [0.25, 0.3) is 0 Å². The quantitative estimate of drug-likeness (QED) is 0.791. The molecule has 1 fully saturated rings. The summed E-state index contributed by atoms with van der Waals surface area (Å²) in [6.45, 7) is 2.36. The van der Waals surface area contributed by atoms with Gasteiger partial charge >= 0.3 is 0 Å². The minimum atomic E-state index is -0.541. The van der Waals surface area contributed by atoms with Crippen LogP contribution in [0.3, 0.4) is 0 Å². The fourth-order valence-electron chi connectivity index (χ4n) is 5.21. The summed E-state index contributed by atoms with van der Waals surface area (Å²) in [5.74, 6) is 0.750. The van der Waals surface area contributed by atoms with Crippen molar-refractivity contribution in [2.24, 2.45) is 0 Å². The standard InChI is InChI=1S/C24H28ClNO3/c25-19-6-7-23-20(13-19)21(27)14-24(29-23)8-10-26(11-9-24)15-22(28)18-5-4-16-2-1-3-17(16)12-18/h4-7,12-13,21-22,27-28H,1-3,8-11,14-15H2/t21-,22-/m1/s1. The largest absolute Gasteiger partial charge is 0.487 e. The molecule has 0 aromatic heterocycles. The summed E-state index contributed by atoms with van der Waals surface area (Å²) in [7, 11) is 0. The molecule has 0 bridgehead atoms. The summed E-state index contributed by atoms with van der Waals surface area (Å²) in [5.41, 5.74) is 4.34. The Labute approximate surface area is 177 Å². The van der Waals surface area contributed by atoms with Crippen LogP contribution in [0.25, 0.3) is 0 Å². The van der Waals surface area contributed by atoms with E-state index in [9.17, 15) is 10.2 Å². The van der Waals surface area contributed by atoms with E-state index in [2.05, 4.69) is 23.1 Å². The van der Waals surface area contributed by atoms with Gasteiger partial charge in [0.1, 0.15) is 11.4 Å². The second-order valence-electron chi connectivity index (χ2n) is 8.89. The van der Waals surface area contributed by atoms with Gasteiger partial charge < -0.3 is 19.8 Å². The summed E-state index contributed by atoms with van der Waals surface area (Å²) < 4.78 is 6.37. The summed E-state index contributed by atoms with van der Waals surface area (Å²) >= 11 is 6.07. The van der Waals surface area contributed by atoms with Gasteiger partial charge in [0.2, 0.25) is 0 Å². The fraction of sp³-hybridized carbons (Fsp3) is 0.500. The Bertz CT molecular complexity index is 907. The zero-order chi connectivity index (χ0) is 20.0. The number of piperidine rings is 1. The Kier molecular flexibility index (Phi) is 5.07. The van der Waals surface area contributed by atoms with Crippen molar-refractivity contribution in [2.45, 2.75) is 56.3 Å². The van der Waals surface area contributed by atoms with Crippen LogP contribution >= 0.6 is 11.6 Å². The maximum Gasteiger partial charge on any atom is 0.126 e. The van der Waals surface area contributed by atoms with Gasteiger partial charge in [0.05, 0.1) is 12.2 Å². The predicted molar refractivity (Wildman–Crippen MR) is 113 cm³/mol. The number of fused-ring (bicyclic) bond motifs is 2. The lowest BCUT2D eigenvalue weighted by Crippen LogP contribution is -2.51. The Morgan fingerprint density at radius 1 is 1.10 bits per heavy atom. The van der Waals surface area contributed by atoms with Gasteiger partial charge in [-0.15, -0.1) is 0 Å². The van der Waals surface area contributed by atoms with Gasteiger partial charge in [-0.05, 0) is 67.0 Å². The summed E-state index contributed by atoms with van der Waals surface area (Å²) in [6.07, 6.45) is 4.82. The molecule has 3 aliphatic rings. The Balaban J connectivity index is 1.22. The van der Waals surface area contributed by atoms with Crippen molar-refractivity contribution in [2.75, 3.05) is 19.6 Å². The lowest BCUT2D eigenvalue weighted by atomic mass is 9.81. The number of β-amino-alcohol motifs (C(OH)–C–C–N with tert-alkyl or cyclic N) is 1. The van der Waals surface area contributed by atoms with Gasteiger partial charge in [-0.25, -0.2) is 0 Å². The molecule has 0 unspecified atom stereocenters. The molecule has 1 spiro atoms. The number of aliphatic hydroxyl groups is 2. The van der Waals surface area contributed by atoms with E-state index in [1.54, 1.807) is 6.07 Å². The Morgan fingerprint density at radius 2 is 1.90 bits per heavy atom. The first-order valence-electron chi connectivity index (χ1n) is 10.7. The molecular formula is C24H28ClNO3. The Morgan fingerprint density at radius 3 is 2.72 bits per heavy atom. The van der Waals surface area contributed by atoms with E-state index in [4.69, 9.17) is 16.3 Å². The first-order valence-corrected chi connectivity index (χ1v) is 11.1. The monoisotopic (exact) mass is 413 g/mol. The highest BCUT2D eigenvalue weighted by Crippen LogP contribution is 2.45. The van der Waals surface area contributed by atoms with Gasteiger partial charge in [-0.2, -0.15) is 0 Å². The molecule has 2 aromatic rings. The molecule has 0 amide bonds. The van der Waals surface area contributed by atoms with Crippen molar-refractivity contribution in [3.63, 3.8) is 0 Å². The van der Waals surface area contributed by atoms with Crippen LogP contribution in [0.15, 0.2) is 36.4 Å². The lowest BCUT2D eigenvalue weighted by Gasteiger charge is -2.46. The van der Waals surface area contributed by atoms with Gasteiger partial charge in [-0.3, -0.25) is 0 Å². The summed E-state index contributed by atoms with van der Waals surface area (Å²) in [6, 6.07) is 12.0. The van der Waals surface area contributed by atoms with Crippen LogP contribution in [0.4, 0.5) is 0 Å². The second kappa shape index (κ2) is 7.59. The van der Waals surface area contributed by atoms with E-state index >= 15 is 0 Å². The number of aliphatic hydroxyl groups excluding tert-OH is 2. The van der Waals surface area contributed by atoms with Gasteiger partial charge in [0, 0.05) is 36.6 Å². The molecular weight excluding hydrogens is 386 g/mol. The molecule has 0 radical (unpaired) electrons. The average molecular weight is 414 g/mol. The van der Waals surface area contributed by atoms with E-state index in [-0.39, 0.29) is 5.60 Å². The van der Waals surface area contributed by atoms with Crippen molar-refractivity contribution in [3.8, 4) is 5.75 Å². The number of rotatable bonds is 3. The van der Waals surface area contributed by atoms with E-state index in [1.807, 2.05) is 12.1 Å². The number of aryl methyl sites for hydroxylation is 2. The van der Waals surface area contributed by atoms with Crippen molar-refractivity contribution in [1.82, 2.24) is 4.90 Å². The first-order chi connectivity index (χ1) is 14.0. The minimum Gasteiger partial charge on any atom is -0.487 e. The third-order valence-electron chi connectivity index (χ3n) is 6.93. The van der Waals surface area contributed by atoms with Crippen molar-refractivity contribution >= 4 is 11.6 Å². The fourth-order valence-corrected chi connectivity index (χ4v) is 5.39. The summed E-state index contributed by atoms with van der Waals surface area (Å²) in [5, 5.41) is 22.0. The van der Waals surface area contributed by atoms with E-state index < -0.39 is 12.2 Å². The zero-order valence-electron chi connectivity index (χ0n) is 16.6. The van der Waals surface area contributed by atoms with Crippen LogP contribution in [0, 0.1) is 0 Å². The van der Waals surface area contributed by atoms with Gasteiger partial charge in [-0.1, -0.05) is 29.8 Å². The van der Waals surface area contributed by atoms with E-state index in [0.717, 1.165) is 49.2 Å². The number of likely N-dealkylation sites (tertiary alicyclic amines) is 1. The Hall–Kier alpha value is -1.59. The van der Waals surface area contributed by atoms with Crippen LogP contribution in [-0.4, -0.2) is 40.3 Å². The number of ether oxygens (including phenoxy) is 1. The normalized spacial score (nSPS) is 24.0. The smallest absolute Gasteiger partial charge is 0.126 e. The summed E-state index contributed by atoms with van der Waals surface area (Å²) in [4.78, 5) is 2.32. The van der Waals surface area contributed by atoms with E-state index in [1.165, 1.54) is 24.0 Å². The number of nitrogens with zero attached hydrogens (tertiary/aromatic N) is 1. The first kappa shape index (κ1) is 19.4.